The van der Waals surface area contributed by atoms with Gasteiger partial charge in [-0.1, -0.05) is 24.6 Å². The molecule has 1 amide bonds. The first-order valence-electron chi connectivity index (χ1n) is 5.11. The molecule has 2 heteroatoms. The van der Waals surface area contributed by atoms with Crippen molar-refractivity contribution < 1.29 is 4.79 Å². The predicted octanol–water partition coefficient (Wildman–Crippen LogP) is 2.23. The number of carbonyl (C=O) groups is 1. The molecule has 1 aromatic rings. The molecule has 0 spiro atoms. The van der Waals surface area contributed by atoms with E-state index in [0.29, 0.717) is 5.92 Å². The molecule has 74 valence electrons. The van der Waals surface area contributed by atoms with Gasteiger partial charge >= 0.3 is 0 Å². The van der Waals surface area contributed by atoms with Crippen molar-refractivity contribution in [1.29, 1.82) is 0 Å². The maximum Gasteiger partial charge on any atom is 0.251 e. The number of fused-ring (bicyclic) bond motifs is 1. The number of carbonyl (C=O) groups excluding carboxylic acids is 1. The van der Waals surface area contributed by atoms with Gasteiger partial charge in [-0.25, -0.2) is 0 Å². The van der Waals surface area contributed by atoms with Gasteiger partial charge in [0.1, 0.15) is 0 Å². The van der Waals surface area contributed by atoms with E-state index in [1.165, 1.54) is 5.56 Å². The minimum absolute atomic E-state index is 0.0772. The highest BCUT2D eigenvalue weighted by Gasteiger charge is 2.23. The maximum absolute atomic E-state index is 11.6. The highest BCUT2D eigenvalue weighted by molar-refractivity contribution is 5.97. The van der Waals surface area contributed by atoms with Gasteiger partial charge in [0, 0.05) is 18.0 Å². The molecule has 0 bridgehead atoms. The Morgan fingerprint density at radius 1 is 1.50 bits per heavy atom. The Hall–Kier alpha value is -1.31. The molecule has 1 atom stereocenters. The molecule has 0 radical (unpaired) electrons. The molecule has 1 aliphatic heterocycles. The fourth-order valence-electron chi connectivity index (χ4n) is 2.01. The summed E-state index contributed by atoms with van der Waals surface area (Å²) in [6.07, 6.45) is 1.08. The summed E-state index contributed by atoms with van der Waals surface area (Å²) in [5, 5.41) is 2.93. The lowest BCUT2D eigenvalue weighted by Gasteiger charge is -2.24. The zero-order chi connectivity index (χ0) is 10.1. The van der Waals surface area contributed by atoms with Crippen LogP contribution in [0.25, 0.3) is 0 Å². The van der Waals surface area contributed by atoms with Crippen molar-refractivity contribution in [2.75, 3.05) is 6.54 Å². The van der Waals surface area contributed by atoms with E-state index < -0.39 is 0 Å². The standard InChI is InChI=1S/C12H15NO/c1-3-9-7-13-12(14)11-6-8(2)4-5-10(9)11/h4-6,9H,3,7H2,1-2H3,(H,13,14)/t9-/m1/s1. The molecule has 2 rings (SSSR count). The topological polar surface area (TPSA) is 29.1 Å². The zero-order valence-corrected chi connectivity index (χ0v) is 8.63. The highest BCUT2D eigenvalue weighted by Crippen LogP contribution is 2.26. The molecule has 1 N–H and O–H groups in total. The quantitative estimate of drug-likeness (QED) is 0.721. The van der Waals surface area contributed by atoms with E-state index >= 15 is 0 Å². The number of aryl methyl sites for hydroxylation is 1. The summed E-state index contributed by atoms with van der Waals surface area (Å²) < 4.78 is 0. The van der Waals surface area contributed by atoms with Crippen LogP contribution < -0.4 is 5.32 Å². The second-order valence-electron chi connectivity index (χ2n) is 3.91. The largest absolute Gasteiger partial charge is 0.351 e. The lowest BCUT2D eigenvalue weighted by Crippen LogP contribution is -2.34. The number of benzene rings is 1. The van der Waals surface area contributed by atoms with Crippen LogP contribution in [0.3, 0.4) is 0 Å². The Morgan fingerprint density at radius 3 is 3.00 bits per heavy atom. The minimum Gasteiger partial charge on any atom is -0.351 e. The van der Waals surface area contributed by atoms with E-state index in [1.54, 1.807) is 0 Å². The van der Waals surface area contributed by atoms with Gasteiger partial charge in [-0.15, -0.1) is 0 Å². The summed E-state index contributed by atoms with van der Waals surface area (Å²) in [4.78, 5) is 11.6. The molecule has 1 heterocycles. The third-order valence-electron chi connectivity index (χ3n) is 2.90. The molecule has 2 nitrogen and oxygen atoms in total. The van der Waals surface area contributed by atoms with E-state index in [4.69, 9.17) is 0 Å². The summed E-state index contributed by atoms with van der Waals surface area (Å²) >= 11 is 0. The second kappa shape index (κ2) is 3.45. The molecule has 1 aliphatic rings. The average Bonchev–Trinajstić information content (AvgIpc) is 2.19. The van der Waals surface area contributed by atoms with E-state index in [2.05, 4.69) is 24.4 Å². The number of amides is 1. The molecule has 1 aromatic carbocycles. The zero-order valence-electron chi connectivity index (χ0n) is 8.63. The van der Waals surface area contributed by atoms with Crippen LogP contribution in [-0.2, 0) is 0 Å². The van der Waals surface area contributed by atoms with Crippen molar-refractivity contribution in [1.82, 2.24) is 5.32 Å². The summed E-state index contributed by atoms with van der Waals surface area (Å²) in [6, 6.07) is 6.16. The van der Waals surface area contributed by atoms with Gasteiger partial charge < -0.3 is 5.32 Å². The van der Waals surface area contributed by atoms with Gasteiger partial charge in [0.25, 0.3) is 5.91 Å². The Morgan fingerprint density at radius 2 is 2.29 bits per heavy atom. The highest BCUT2D eigenvalue weighted by atomic mass is 16.1. The first kappa shape index (κ1) is 9.25. The predicted molar refractivity (Wildman–Crippen MR) is 56.5 cm³/mol. The number of hydrogen-bond donors (Lipinski definition) is 1. The Balaban J connectivity index is 2.51. The molecule has 14 heavy (non-hydrogen) atoms. The van der Waals surface area contributed by atoms with Crippen LogP contribution in [0.2, 0.25) is 0 Å². The smallest absolute Gasteiger partial charge is 0.251 e. The molecule has 0 saturated carbocycles. The number of hydrogen-bond acceptors (Lipinski definition) is 1. The monoisotopic (exact) mass is 189 g/mol. The fourth-order valence-corrected chi connectivity index (χ4v) is 2.01. The molecule has 0 aliphatic carbocycles. The summed E-state index contributed by atoms with van der Waals surface area (Å²) in [5.74, 6) is 0.566. The normalized spacial score (nSPS) is 20.1. The lowest BCUT2D eigenvalue weighted by molar-refractivity contribution is 0.0939. The van der Waals surface area contributed by atoms with Crippen LogP contribution in [0.5, 0.6) is 0 Å². The number of nitrogens with one attached hydrogen (secondary N) is 1. The Labute approximate surface area is 84.3 Å². The summed E-state index contributed by atoms with van der Waals surface area (Å²) in [6.45, 7) is 4.96. The molecule has 0 fully saturated rings. The van der Waals surface area contributed by atoms with E-state index in [-0.39, 0.29) is 5.91 Å². The average molecular weight is 189 g/mol. The third-order valence-corrected chi connectivity index (χ3v) is 2.90. The van der Waals surface area contributed by atoms with Crippen molar-refractivity contribution >= 4 is 5.91 Å². The van der Waals surface area contributed by atoms with Gasteiger partial charge in [0.2, 0.25) is 0 Å². The van der Waals surface area contributed by atoms with Crippen LogP contribution in [0.1, 0.15) is 40.7 Å². The Bertz CT molecular complexity index is 371. The summed E-state index contributed by atoms with van der Waals surface area (Å²) in [7, 11) is 0. The second-order valence-corrected chi connectivity index (χ2v) is 3.91. The van der Waals surface area contributed by atoms with Gasteiger partial charge in [0.05, 0.1) is 0 Å². The van der Waals surface area contributed by atoms with Crippen LogP contribution in [0, 0.1) is 6.92 Å². The van der Waals surface area contributed by atoms with Crippen LogP contribution in [0.15, 0.2) is 18.2 Å². The van der Waals surface area contributed by atoms with Crippen LogP contribution in [-0.4, -0.2) is 12.5 Å². The molecular weight excluding hydrogens is 174 g/mol. The van der Waals surface area contributed by atoms with Crippen molar-refractivity contribution in [3.63, 3.8) is 0 Å². The fraction of sp³-hybridized carbons (Fsp3) is 0.417. The van der Waals surface area contributed by atoms with Crippen molar-refractivity contribution in [3.05, 3.63) is 34.9 Å². The minimum atomic E-state index is 0.0772. The van der Waals surface area contributed by atoms with Crippen molar-refractivity contribution in [3.8, 4) is 0 Å². The van der Waals surface area contributed by atoms with Crippen molar-refractivity contribution in [2.24, 2.45) is 0 Å². The molecular formula is C12H15NO. The lowest BCUT2D eigenvalue weighted by atomic mass is 9.88. The first-order chi connectivity index (χ1) is 6.72. The SMILES string of the molecule is CC[C@@H]1CNC(=O)c2cc(C)ccc21. The van der Waals surface area contributed by atoms with Gasteiger partial charge in [-0.05, 0) is 25.0 Å². The number of rotatable bonds is 1. The van der Waals surface area contributed by atoms with Gasteiger partial charge in [-0.2, -0.15) is 0 Å². The van der Waals surface area contributed by atoms with Crippen molar-refractivity contribution in [2.45, 2.75) is 26.2 Å². The van der Waals surface area contributed by atoms with Crippen LogP contribution >= 0.6 is 0 Å². The van der Waals surface area contributed by atoms with E-state index in [1.807, 2.05) is 13.0 Å². The van der Waals surface area contributed by atoms with E-state index in [9.17, 15) is 4.79 Å². The summed E-state index contributed by atoms with van der Waals surface area (Å²) in [5.41, 5.74) is 3.22. The van der Waals surface area contributed by atoms with E-state index in [0.717, 1.165) is 24.1 Å². The molecule has 0 unspecified atom stereocenters. The molecule has 0 saturated heterocycles. The molecule has 0 aromatic heterocycles. The van der Waals surface area contributed by atoms with Gasteiger partial charge in [0.15, 0.2) is 0 Å². The Kier molecular flexibility index (Phi) is 2.28. The maximum atomic E-state index is 11.6. The first-order valence-corrected chi connectivity index (χ1v) is 5.11. The third kappa shape index (κ3) is 1.41. The van der Waals surface area contributed by atoms with Crippen LogP contribution in [0.4, 0.5) is 0 Å². The van der Waals surface area contributed by atoms with Gasteiger partial charge in [-0.3, -0.25) is 4.79 Å².